The van der Waals surface area contributed by atoms with Gasteiger partial charge >= 0.3 is 0 Å². The number of hydrogen-bond donors (Lipinski definition) is 0. The Morgan fingerprint density at radius 3 is 3.14 bits per heavy atom. The molecule has 0 amide bonds. The number of non-ortho nitro benzene ring substituents is 1. The summed E-state index contributed by atoms with van der Waals surface area (Å²) in [6.07, 6.45) is 1.09. The highest BCUT2D eigenvalue weighted by Gasteiger charge is 2.24. The Labute approximate surface area is 133 Å². The first-order valence-electron chi connectivity index (χ1n) is 7.32. The van der Waals surface area contributed by atoms with Crippen LogP contribution in [0, 0.1) is 10.1 Å². The number of nitro groups is 1. The van der Waals surface area contributed by atoms with Crippen LogP contribution in [0.2, 0.25) is 0 Å². The van der Waals surface area contributed by atoms with E-state index in [4.69, 9.17) is 4.74 Å². The van der Waals surface area contributed by atoms with Gasteiger partial charge in [-0.1, -0.05) is 6.07 Å². The third-order valence-corrected chi connectivity index (χ3v) is 5.08. The van der Waals surface area contributed by atoms with Crippen LogP contribution in [0.5, 0.6) is 5.75 Å². The van der Waals surface area contributed by atoms with Gasteiger partial charge in [0.25, 0.3) is 5.69 Å². The van der Waals surface area contributed by atoms with Crippen molar-refractivity contribution in [2.75, 3.05) is 19.7 Å². The van der Waals surface area contributed by atoms with Crippen LogP contribution in [0.3, 0.4) is 0 Å². The summed E-state index contributed by atoms with van der Waals surface area (Å²) in [7, 11) is 0. The Morgan fingerprint density at radius 1 is 1.45 bits per heavy atom. The van der Waals surface area contributed by atoms with Crippen molar-refractivity contribution in [1.82, 2.24) is 4.90 Å². The van der Waals surface area contributed by atoms with Gasteiger partial charge in [0, 0.05) is 30.1 Å². The largest absolute Gasteiger partial charge is 0.492 e. The molecule has 1 aliphatic heterocycles. The zero-order chi connectivity index (χ0) is 15.5. The van der Waals surface area contributed by atoms with E-state index in [-0.39, 0.29) is 5.69 Å². The average molecular weight is 318 g/mol. The highest BCUT2D eigenvalue weighted by atomic mass is 32.1. The molecule has 0 N–H and O–H groups in total. The van der Waals surface area contributed by atoms with E-state index in [1.54, 1.807) is 12.1 Å². The van der Waals surface area contributed by atoms with Gasteiger partial charge in [-0.3, -0.25) is 15.0 Å². The molecule has 0 saturated carbocycles. The predicted molar refractivity (Wildman–Crippen MR) is 86.6 cm³/mol. The molecule has 2 heterocycles. The second-order valence-corrected chi connectivity index (χ2v) is 6.36. The molecular weight excluding hydrogens is 300 g/mol. The van der Waals surface area contributed by atoms with Crippen molar-refractivity contribution >= 4 is 17.0 Å². The van der Waals surface area contributed by atoms with E-state index in [0.717, 1.165) is 19.5 Å². The molecule has 1 atom stereocenters. The summed E-state index contributed by atoms with van der Waals surface area (Å²) in [6.45, 7) is 4.61. The summed E-state index contributed by atoms with van der Waals surface area (Å²) in [5.74, 6) is 0.551. The Balaban J connectivity index is 1.56. The smallest absolute Gasteiger partial charge is 0.273 e. The molecule has 0 aliphatic carbocycles. The van der Waals surface area contributed by atoms with Gasteiger partial charge in [0.05, 0.1) is 11.0 Å². The van der Waals surface area contributed by atoms with Gasteiger partial charge in [-0.2, -0.15) is 0 Å². The quantitative estimate of drug-likeness (QED) is 0.623. The van der Waals surface area contributed by atoms with Crippen LogP contribution in [0.25, 0.3) is 0 Å². The van der Waals surface area contributed by atoms with E-state index in [1.807, 2.05) is 11.3 Å². The van der Waals surface area contributed by atoms with Gasteiger partial charge in [-0.25, -0.2) is 0 Å². The van der Waals surface area contributed by atoms with Gasteiger partial charge in [-0.15, -0.1) is 11.3 Å². The number of benzene rings is 1. The van der Waals surface area contributed by atoms with Crippen molar-refractivity contribution in [1.29, 1.82) is 0 Å². The van der Waals surface area contributed by atoms with Gasteiger partial charge in [-0.05, 0) is 36.4 Å². The van der Waals surface area contributed by atoms with Crippen LogP contribution < -0.4 is 4.74 Å². The predicted octanol–water partition coefficient (Wildman–Crippen LogP) is 3.65. The van der Waals surface area contributed by atoms with Crippen LogP contribution in [-0.4, -0.2) is 29.5 Å². The molecule has 0 spiro atoms. The topological polar surface area (TPSA) is 55.6 Å². The Morgan fingerprint density at radius 2 is 2.32 bits per heavy atom. The Hall–Kier alpha value is -1.92. The highest BCUT2D eigenvalue weighted by Crippen LogP contribution is 2.32. The lowest BCUT2D eigenvalue weighted by Gasteiger charge is -2.33. The maximum Gasteiger partial charge on any atom is 0.273 e. The normalized spacial score (nSPS) is 18.0. The van der Waals surface area contributed by atoms with Gasteiger partial charge in [0.2, 0.25) is 0 Å². The maximum atomic E-state index is 10.8. The molecule has 0 fully saturated rings. The third kappa shape index (κ3) is 3.13. The van der Waals surface area contributed by atoms with Crippen LogP contribution in [0.15, 0.2) is 35.7 Å². The minimum absolute atomic E-state index is 0.0618. The molecule has 0 saturated heterocycles. The van der Waals surface area contributed by atoms with Crippen molar-refractivity contribution in [3.63, 3.8) is 0 Å². The number of rotatable bonds is 5. The number of nitro benzene ring substituents is 1. The monoisotopic (exact) mass is 318 g/mol. The summed E-state index contributed by atoms with van der Waals surface area (Å²) in [5.41, 5.74) is 1.48. The first kappa shape index (κ1) is 15.0. The van der Waals surface area contributed by atoms with Crippen molar-refractivity contribution in [2.45, 2.75) is 19.4 Å². The van der Waals surface area contributed by atoms with E-state index in [2.05, 4.69) is 23.3 Å². The zero-order valence-electron chi connectivity index (χ0n) is 12.4. The van der Waals surface area contributed by atoms with Crippen molar-refractivity contribution in [2.24, 2.45) is 0 Å². The molecule has 0 radical (unpaired) electrons. The molecule has 1 aliphatic rings. The number of nitrogens with zero attached hydrogens (tertiary/aromatic N) is 2. The van der Waals surface area contributed by atoms with Crippen LogP contribution in [0.4, 0.5) is 5.69 Å². The molecule has 5 nitrogen and oxygen atoms in total. The fourth-order valence-electron chi connectivity index (χ4n) is 2.83. The summed E-state index contributed by atoms with van der Waals surface area (Å²) in [5, 5.41) is 12.9. The minimum Gasteiger partial charge on any atom is -0.492 e. The molecule has 22 heavy (non-hydrogen) atoms. The Kier molecular flexibility index (Phi) is 4.40. The van der Waals surface area contributed by atoms with E-state index < -0.39 is 4.92 Å². The summed E-state index contributed by atoms with van der Waals surface area (Å²) < 4.78 is 5.67. The maximum absolute atomic E-state index is 10.8. The molecule has 3 rings (SSSR count). The van der Waals surface area contributed by atoms with Crippen molar-refractivity contribution in [3.05, 3.63) is 56.3 Å². The van der Waals surface area contributed by atoms with Gasteiger partial charge in [0.15, 0.2) is 0 Å². The summed E-state index contributed by atoms with van der Waals surface area (Å²) >= 11 is 1.83. The zero-order valence-corrected chi connectivity index (χ0v) is 13.2. The number of fused-ring (bicyclic) bond motifs is 1. The number of ether oxygens (including phenoxy) is 1. The fraction of sp³-hybridized carbons (Fsp3) is 0.375. The molecule has 2 aromatic rings. The third-order valence-electron chi connectivity index (χ3n) is 4.08. The lowest BCUT2D eigenvalue weighted by molar-refractivity contribution is -0.384. The lowest BCUT2D eigenvalue weighted by Crippen LogP contribution is -2.36. The van der Waals surface area contributed by atoms with Gasteiger partial charge in [0.1, 0.15) is 12.4 Å². The molecule has 1 aromatic heterocycles. The number of hydrogen-bond acceptors (Lipinski definition) is 5. The summed E-state index contributed by atoms with van der Waals surface area (Å²) in [6, 6.07) is 8.95. The van der Waals surface area contributed by atoms with E-state index in [0.29, 0.717) is 18.4 Å². The van der Waals surface area contributed by atoms with Crippen LogP contribution >= 0.6 is 11.3 Å². The molecule has 1 unspecified atom stereocenters. The average Bonchev–Trinajstić information content (AvgIpc) is 2.99. The second kappa shape index (κ2) is 6.46. The van der Waals surface area contributed by atoms with Crippen LogP contribution in [0.1, 0.15) is 23.4 Å². The highest BCUT2D eigenvalue weighted by molar-refractivity contribution is 7.10. The molecular formula is C16H18N2O3S. The Bertz CT molecular complexity index is 671. The minimum atomic E-state index is -0.405. The summed E-state index contributed by atoms with van der Waals surface area (Å²) in [4.78, 5) is 14.2. The standard InChI is InChI=1S/C16H18N2O3S/c1-12-15-6-10-22-16(15)5-7-17(12)8-9-21-14-4-2-3-13(11-14)18(19)20/h2-4,6,10-12H,5,7-9H2,1H3. The first-order chi connectivity index (χ1) is 10.6. The number of thiophene rings is 1. The fourth-order valence-corrected chi connectivity index (χ4v) is 3.80. The molecule has 6 heteroatoms. The molecule has 0 bridgehead atoms. The van der Waals surface area contributed by atoms with Crippen LogP contribution in [-0.2, 0) is 6.42 Å². The van der Waals surface area contributed by atoms with E-state index >= 15 is 0 Å². The molecule has 116 valence electrons. The van der Waals surface area contributed by atoms with E-state index in [9.17, 15) is 10.1 Å². The first-order valence-corrected chi connectivity index (χ1v) is 8.20. The van der Waals surface area contributed by atoms with Crippen molar-refractivity contribution < 1.29 is 9.66 Å². The van der Waals surface area contributed by atoms with E-state index in [1.165, 1.54) is 22.6 Å². The lowest BCUT2D eigenvalue weighted by atomic mass is 10.0. The second-order valence-electron chi connectivity index (χ2n) is 5.36. The SMILES string of the molecule is CC1c2ccsc2CCN1CCOc1cccc([N+](=O)[O-])c1. The van der Waals surface area contributed by atoms with Crippen molar-refractivity contribution in [3.8, 4) is 5.75 Å². The molecule has 1 aromatic carbocycles. The van der Waals surface area contributed by atoms with Gasteiger partial charge < -0.3 is 4.74 Å².